The van der Waals surface area contributed by atoms with Crippen molar-refractivity contribution in [2.75, 3.05) is 7.11 Å². The van der Waals surface area contributed by atoms with Crippen molar-refractivity contribution >= 4 is 24.2 Å². The Labute approximate surface area is 122 Å². The summed E-state index contributed by atoms with van der Waals surface area (Å²) in [5, 5.41) is 0. The van der Waals surface area contributed by atoms with Crippen molar-refractivity contribution < 1.29 is 38.1 Å². The van der Waals surface area contributed by atoms with Crippen LogP contribution in [0, 0.1) is 0 Å². The zero-order valence-corrected chi connectivity index (χ0v) is 12.7. The quantitative estimate of drug-likeness (QED) is 0.351. The molecule has 0 bridgehead atoms. The molecule has 120 valence electrons. The van der Waals surface area contributed by atoms with Crippen LogP contribution in [0.5, 0.6) is 0 Å². The summed E-state index contributed by atoms with van der Waals surface area (Å²) in [4.78, 5) is 44.3. The smallest absolute Gasteiger partial charge is 0.303 e. The fraction of sp³-hybridized carbons (Fsp3) is 0.692. The lowest BCUT2D eigenvalue weighted by Crippen LogP contribution is -2.50. The summed E-state index contributed by atoms with van der Waals surface area (Å²) in [6.07, 6.45) is -4.05. The van der Waals surface area contributed by atoms with E-state index in [1.54, 1.807) is 0 Å². The van der Waals surface area contributed by atoms with E-state index in [-0.39, 0.29) is 0 Å². The normalized spacial score (nSPS) is 16.0. The Bertz CT molecular complexity index is 392. The van der Waals surface area contributed by atoms with E-state index in [0.29, 0.717) is 6.29 Å². The Balaban J connectivity index is 5.29. The maximum atomic E-state index is 11.2. The number of hydrogen-bond acceptors (Lipinski definition) is 8. The molecule has 0 saturated heterocycles. The molecule has 0 spiro atoms. The van der Waals surface area contributed by atoms with Crippen LogP contribution in [0.1, 0.15) is 27.7 Å². The van der Waals surface area contributed by atoms with Gasteiger partial charge in [0.05, 0.1) is 0 Å². The molecule has 21 heavy (non-hydrogen) atoms. The summed E-state index contributed by atoms with van der Waals surface area (Å²) in [6.45, 7) is 4.94. The molecule has 8 heteroatoms. The van der Waals surface area contributed by atoms with Gasteiger partial charge in [0.1, 0.15) is 12.2 Å². The molecule has 0 rings (SSSR count). The molecule has 0 heterocycles. The summed E-state index contributed by atoms with van der Waals surface area (Å²) in [6, 6.07) is 0. The molecule has 0 aliphatic heterocycles. The second-order valence-corrected chi connectivity index (χ2v) is 4.30. The fourth-order valence-corrected chi connectivity index (χ4v) is 1.77. The van der Waals surface area contributed by atoms with Gasteiger partial charge in [-0.15, -0.1) is 0 Å². The van der Waals surface area contributed by atoms with Gasteiger partial charge in [-0.25, -0.2) is 0 Å². The standard InChI is InChI=1S/C13H20O8/c1-7(19-8(2)15)12(21-10(4)17)13(18-5)11(6-14)20-9(3)16/h6-7,11-13H,1-5H3/t7-,11+,12-,13-/m0/s1. The maximum absolute atomic E-state index is 11.2. The van der Waals surface area contributed by atoms with E-state index >= 15 is 0 Å². The van der Waals surface area contributed by atoms with Gasteiger partial charge in [0.25, 0.3) is 0 Å². The van der Waals surface area contributed by atoms with Gasteiger partial charge in [0.15, 0.2) is 18.5 Å². The van der Waals surface area contributed by atoms with Crippen molar-refractivity contribution in [2.45, 2.75) is 52.1 Å². The molecular weight excluding hydrogens is 284 g/mol. The van der Waals surface area contributed by atoms with Crippen molar-refractivity contribution in [3.8, 4) is 0 Å². The van der Waals surface area contributed by atoms with Crippen LogP contribution in [0.25, 0.3) is 0 Å². The molecule has 0 aromatic carbocycles. The number of aldehydes is 1. The number of hydrogen-bond donors (Lipinski definition) is 0. The van der Waals surface area contributed by atoms with E-state index < -0.39 is 42.3 Å². The van der Waals surface area contributed by atoms with Gasteiger partial charge < -0.3 is 18.9 Å². The number of ether oxygens (including phenoxy) is 4. The number of carbonyl (C=O) groups is 4. The first-order chi connectivity index (χ1) is 9.72. The molecular formula is C13H20O8. The average Bonchev–Trinajstić information content (AvgIpc) is 2.35. The highest BCUT2D eigenvalue weighted by molar-refractivity contribution is 5.71. The minimum absolute atomic E-state index is 0.354. The summed E-state index contributed by atoms with van der Waals surface area (Å²) in [7, 11) is 1.25. The highest BCUT2D eigenvalue weighted by atomic mass is 16.6. The number of rotatable bonds is 8. The Kier molecular flexibility index (Phi) is 8.22. The second-order valence-electron chi connectivity index (χ2n) is 4.30. The minimum Gasteiger partial charge on any atom is -0.459 e. The molecule has 0 aliphatic rings. The van der Waals surface area contributed by atoms with Crippen LogP contribution in [0.2, 0.25) is 0 Å². The van der Waals surface area contributed by atoms with E-state index in [4.69, 9.17) is 18.9 Å². The zero-order chi connectivity index (χ0) is 16.6. The lowest BCUT2D eigenvalue weighted by atomic mass is 10.0. The van der Waals surface area contributed by atoms with Crippen LogP contribution in [-0.2, 0) is 38.1 Å². The predicted molar refractivity (Wildman–Crippen MR) is 69.2 cm³/mol. The molecule has 0 aliphatic carbocycles. The third kappa shape index (κ3) is 6.84. The summed E-state index contributed by atoms with van der Waals surface area (Å²) >= 11 is 0. The van der Waals surface area contributed by atoms with Crippen LogP contribution in [-0.4, -0.2) is 55.7 Å². The zero-order valence-electron chi connectivity index (χ0n) is 12.7. The lowest BCUT2D eigenvalue weighted by molar-refractivity contribution is -0.188. The van der Waals surface area contributed by atoms with Crippen LogP contribution in [0.3, 0.4) is 0 Å². The first kappa shape index (κ1) is 19.0. The van der Waals surface area contributed by atoms with Gasteiger partial charge in [-0.05, 0) is 6.92 Å². The van der Waals surface area contributed by atoms with Crippen molar-refractivity contribution in [3.63, 3.8) is 0 Å². The van der Waals surface area contributed by atoms with Crippen molar-refractivity contribution in [1.82, 2.24) is 0 Å². The van der Waals surface area contributed by atoms with Gasteiger partial charge in [-0.1, -0.05) is 0 Å². The number of esters is 3. The molecule has 0 unspecified atom stereocenters. The van der Waals surface area contributed by atoms with Crippen molar-refractivity contribution in [2.24, 2.45) is 0 Å². The maximum Gasteiger partial charge on any atom is 0.303 e. The summed E-state index contributed by atoms with van der Waals surface area (Å²) < 4.78 is 19.9. The van der Waals surface area contributed by atoms with Gasteiger partial charge in [0, 0.05) is 27.9 Å². The SMILES string of the molecule is CO[C@H]([C@@H](OC(C)=O)[C@H](C)OC(C)=O)[C@@H](C=O)OC(C)=O. The van der Waals surface area contributed by atoms with Crippen molar-refractivity contribution in [1.29, 1.82) is 0 Å². The topological polar surface area (TPSA) is 105 Å². The fourth-order valence-electron chi connectivity index (χ4n) is 1.77. The van der Waals surface area contributed by atoms with E-state index in [9.17, 15) is 19.2 Å². The molecule has 0 amide bonds. The molecule has 0 fully saturated rings. The molecule has 4 atom stereocenters. The monoisotopic (exact) mass is 304 g/mol. The van der Waals surface area contributed by atoms with Gasteiger partial charge in [0.2, 0.25) is 0 Å². The van der Waals surface area contributed by atoms with Gasteiger partial charge in [-0.2, -0.15) is 0 Å². The van der Waals surface area contributed by atoms with Gasteiger partial charge >= 0.3 is 17.9 Å². The van der Waals surface area contributed by atoms with E-state index in [0.717, 1.165) is 13.8 Å². The third-order valence-electron chi connectivity index (χ3n) is 2.47. The minimum atomic E-state index is -1.30. The molecule has 8 nitrogen and oxygen atoms in total. The Hall–Kier alpha value is -1.96. The highest BCUT2D eigenvalue weighted by Gasteiger charge is 2.39. The van der Waals surface area contributed by atoms with Crippen molar-refractivity contribution in [3.05, 3.63) is 0 Å². The van der Waals surface area contributed by atoms with E-state index in [2.05, 4.69) is 0 Å². The first-order valence-electron chi connectivity index (χ1n) is 6.22. The Morgan fingerprint density at radius 2 is 1.33 bits per heavy atom. The third-order valence-corrected chi connectivity index (χ3v) is 2.47. The summed E-state index contributed by atoms with van der Waals surface area (Å²) in [5.74, 6) is -1.95. The van der Waals surface area contributed by atoms with Crippen LogP contribution in [0.4, 0.5) is 0 Å². The number of carbonyl (C=O) groups excluding carboxylic acids is 4. The molecule has 0 saturated carbocycles. The average molecular weight is 304 g/mol. The predicted octanol–water partition coefficient (Wildman–Crippen LogP) is 0.0153. The summed E-state index contributed by atoms with van der Waals surface area (Å²) in [5.41, 5.74) is 0. The lowest BCUT2D eigenvalue weighted by Gasteiger charge is -2.32. The second kappa shape index (κ2) is 9.06. The first-order valence-corrected chi connectivity index (χ1v) is 6.22. The highest BCUT2D eigenvalue weighted by Crippen LogP contribution is 2.17. The van der Waals surface area contributed by atoms with E-state index in [1.165, 1.54) is 21.0 Å². The Morgan fingerprint density at radius 3 is 1.67 bits per heavy atom. The molecule has 0 aromatic rings. The largest absolute Gasteiger partial charge is 0.459 e. The van der Waals surface area contributed by atoms with Crippen LogP contribution >= 0.6 is 0 Å². The van der Waals surface area contributed by atoms with E-state index in [1.807, 2.05) is 0 Å². The molecule has 0 radical (unpaired) electrons. The molecule has 0 aromatic heterocycles. The van der Waals surface area contributed by atoms with Gasteiger partial charge in [-0.3, -0.25) is 19.2 Å². The number of methoxy groups -OCH3 is 1. The van der Waals surface area contributed by atoms with Crippen LogP contribution < -0.4 is 0 Å². The van der Waals surface area contributed by atoms with Crippen LogP contribution in [0.15, 0.2) is 0 Å². The Morgan fingerprint density at radius 1 is 0.857 bits per heavy atom. The molecule has 0 N–H and O–H groups in total.